The molecule has 3 atom stereocenters. The van der Waals surface area contributed by atoms with Crippen LogP contribution in [0.15, 0.2) is 36.5 Å². The molecular weight excluding hydrogens is 799 g/mol. The summed E-state index contributed by atoms with van der Waals surface area (Å²) in [6.45, 7) is 4.22. The second-order valence-corrected chi connectivity index (χ2v) is 20.2. The van der Waals surface area contributed by atoms with E-state index in [9.17, 15) is 20.1 Å². The van der Waals surface area contributed by atoms with Gasteiger partial charge in [-0.1, -0.05) is 301 Å². The Labute approximate surface area is 406 Å². The zero-order valence-corrected chi connectivity index (χ0v) is 43.9. The van der Waals surface area contributed by atoms with Gasteiger partial charge >= 0.3 is 0 Å². The Morgan fingerprint density at radius 3 is 0.969 bits per heavy atom. The van der Waals surface area contributed by atoms with E-state index in [0.29, 0.717) is 6.42 Å². The van der Waals surface area contributed by atoms with Crippen molar-refractivity contribution >= 4 is 5.91 Å². The van der Waals surface area contributed by atoms with Crippen LogP contribution in [0.1, 0.15) is 316 Å². The van der Waals surface area contributed by atoms with Gasteiger partial charge < -0.3 is 20.6 Å². The lowest BCUT2D eigenvalue weighted by atomic mass is 10.0. The van der Waals surface area contributed by atoms with Crippen LogP contribution in [0.4, 0.5) is 0 Å². The average Bonchev–Trinajstić information content (AvgIpc) is 3.31. The van der Waals surface area contributed by atoms with Crippen LogP contribution in [-0.2, 0) is 4.79 Å². The molecule has 0 heterocycles. The highest BCUT2D eigenvalue weighted by atomic mass is 16.3. The van der Waals surface area contributed by atoms with Gasteiger partial charge in [-0.05, 0) is 51.4 Å². The standard InChI is InChI=1S/C60H115NO4/c1-3-5-7-9-11-13-15-17-19-21-23-25-26-27-28-29-30-31-32-33-35-37-39-41-43-45-47-49-51-53-55-59(64)60(65)61-57(56-62)58(63)54-52-50-48-46-44-42-40-38-36-34-24-22-20-18-16-14-12-10-8-6-4-2/h23,25,27-28,52,54,57-59,62-64H,3-22,24,26,29-51,53,55-56H2,1-2H3,(H,61,65)/b25-23-,28-27-,54-52+. The molecule has 0 aromatic rings. The molecule has 5 heteroatoms. The zero-order valence-electron chi connectivity index (χ0n) is 43.9. The van der Waals surface area contributed by atoms with E-state index in [2.05, 4.69) is 43.5 Å². The summed E-state index contributed by atoms with van der Waals surface area (Å²) in [5.74, 6) is -0.499. The van der Waals surface area contributed by atoms with Gasteiger partial charge in [0.25, 0.3) is 0 Å². The van der Waals surface area contributed by atoms with Gasteiger partial charge in [0.05, 0.1) is 18.8 Å². The molecule has 5 nitrogen and oxygen atoms in total. The first kappa shape index (κ1) is 63.6. The third-order valence-corrected chi connectivity index (χ3v) is 13.7. The minimum Gasteiger partial charge on any atom is -0.394 e. The van der Waals surface area contributed by atoms with E-state index >= 15 is 0 Å². The van der Waals surface area contributed by atoms with E-state index < -0.39 is 24.2 Å². The number of carbonyl (C=O) groups is 1. The van der Waals surface area contributed by atoms with Crippen molar-refractivity contribution in [2.24, 2.45) is 0 Å². The van der Waals surface area contributed by atoms with Crippen molar-refractivity contribution < 1.29 is 20.1 Å². The van der Waals surface area contributed by atoms with Crippen LogP contribution >= 0.6 is 0 Å². The lowest BCUT2D eigenvalue weighted by Gasteiger charge is -2.21. The van der Waals surface area contributed by atoms with Gasteiger partial charge in [0, 0.05) is 0 Å². The van der Waals surface area contributed by atoms with Crippen LogP contribution in [0.3, 0.4) is 0 Å². The van der Waals surface area contributed by atoms with Gasteiger partial charge in [0.1, 0.15) is 6.10 Å². The number of unbranched alkanes of at least 4 members (excludes halogenated alkanes) is 42. The molecule has 1 amide bonds. The van der Waals surface area contributed by atoms with Crippen molar-refractivity contribution in [3.05, 3.63) is 36.5 Å². The Bertz CT molecular complexity index is 1010. The Morgan fingerprint density at radius 1 is 0.385 bits per heavy atom. The van der Waals surface area contributed by atoms with Crippen LogP contribution in [0.2, 0.25) is 0 Å². The first-order valence-electron chi connectivity index (χ1n) is 29.3. The molecule has 384 valence electrons. The topological polar surface area (TPSA) is 89.8 Å². The summed E-state index contributed by atoms with van der Waals surface area (Å²) in [6.07, 6.45) is 72.3. The lowest BCUT2D eigenvalue weighted by Crippen LogP contribution is -2.48. The molecule has 0 aliphatic heterocycles. The number of amides is 1. The number of rotatable bonds is 54. The number of allylic oxidation sites excluding steroid dienone is 5. The van der Waals surface area contributed by atoms with Crippen molar-refractivity contribution in [3.63, 3.8) is 0 Å². The minimum atomic E-state index is -1.10. The maximum absolute atomic E-state index is 12.6. The molecule has 0 radical (unpaired) electrons. The minimum absolute atomic E-state index is 0.362. The van der Waals surface area contributed by atoms with Crippen LogP contribution in [0.5, 0.6) is 0 Å². The first-order chi connectivity index (χ1) is 32.1. The Hall–Kier alpha value is -1.43. The van der Waals surface area contributed by atoms with Crippen LogP contribution < -0.4 is 5.32 Å². The normalized spacial score (nSPS) is 13.5. The number of aliphatic hydroxyl groups is 3. The molecule has 0 bridgehead atoms. The smallest absolute Gasteiger partial charge is 0.249 e. The molecule has 0 aliphatic rings. The van der Waals surface area contributed by atoms with E-state index in [4.69, 9.17) is 0 Å². The lowest BCUT2D eigenvalue weighted by molar-refractivity contribution is -0.131. The molecule has 0 aromatic carbocycles. The fraction of sp³-hybridized carbons (Fsp3) is 0.883. The highest BCUT2D eigenvalue weighted by Crippen LogP contribution is 2.17. The van der Waals surface area contributed by atoms with Crippen LogP contribution in [0.25, 0.3) is 0 Å². The van der Waals surface area contributed by atoms with E-state index in [1.807, 2.05) is 6.08 Å². The second kappa shape index (κ2) is 55.2. The zero-order chi connectivity index (χ0) is 47.2. The monoisotopic (exact) mass is 914 g/mol. The summed E-state index contributed by atoms with van der Waals surface area (Å²) < 4.78 is 0. The summed E-state index contributed by atoms with van der Waals surface area (Å²) in [5, 5.41) is 33.4. The fourth-order valence-electron chi connectivity index (χ4n) is 9.16. The number of carbonyl (C=O) groups excluding carboxylic acids is 1. The van der Waals surface area contributed by atoms with Crippen LogP contribution in [0, 0.1) is 0 Å². The quantitative estimate of drug-likeness (QED) is 0.0361. The largest absolute Gasteiger partial charge is 0.394 e. The fourth-order valence-corrected chi connectivity index (χ4v) is 9.16. The Kier molecular flexibility index (Phi) is 54.0. The van der Waals surface area contributed by atoms with E-state index in [0.717, 1.165) is 38.5 Å². The molecule has 0 rings (SSSR count). The summed E-state index contributed by atoms with van der Waals surface area (Å²) in [6, 6.07) is -0.798. The highest BCUT2D eigenvalue weighted by Gasteiger charge is 2.22. The molecule has 4 N–H and O–H groups in total. The molecular formula is C60H115NO4. The van der Waals surface area contributed by atoms with Gasteiger partial charge in [-0.25, -0.2) is 0 Å². The number of nitrogens with one attached hydrogen (secondary N) is 1. The van der Waals surface area contributed by atoms with Crippen molar-refractivity contribution in [2.75, 3.05) is 6.61 Å². The predicted octanol–water partition coefficient (Wildman–Crippen LogP) is 18.2. The van der Waals surface area contributed by atoms with Gasteiger partial charge in [-0.3, -0.25) is 4.79 Å². The molecule has 0 saturated carbocycles. The van der Waals surface area contributed by atoms with E-state index in [1.54, 1.807) is 6.08 Å². The molecule has 0 aliphatic carbocycles. The van der Waals surface area contributed by atoms with Gasteiger partial charge in [0.2, 0.25) is 5.91 Å². The summed E-state index contributed by atoms with van der Waals surface area (Å²) in [7, 11) is 0. The van der Waals surface area contributed by atoms with E-state index in [1.165, 1.54) is 257 Å². The van der Waals surface area contributed by atoms with Crippen molar-refractivity contribution in [1.82, 2.24) is 5.32 Å². The molecule has 0 spiro atoms. The van der Waals surface area contributed by atoms with Gasteiger partial charge in [-0.2, -0.15) is 0 Å². The molecule has 65 heavy (non-hydrogen) atoms. The van der Waals surface area contributed by atoms with Gasteiger partial charge in [0.15, 0.2) is 0 Å². The first-order valence-corrected chi connectivity index (χ1v) is 29.3. The Balaban J connectivity index is 3.56. The molecule has 0 fully saturated rings. The third kappa shape index (κ3) is 50.3. The Morgan fingerprint density at radius 2 is 0.662 bits per heavy atom. The maximum atomic E-state index is 12.6. The maximum Gasteiger partial charge on any atom is 0.249 e. The third-order valence-electron chi connectivity index (χ3n) is 13.7. The number of hydrogen-bond acceptors (Lipinski definition) is 4. The number of aliphatic hydroxyl groups excluding tert-OH is 3. The summed E-state index contributed by atoms with van der Waals surface area (Å²) in [4.78, 5) is 12.6. The predicted molar refractivity (Wildman–Crippen MR) is 287 cm³/mol. The van der Waals surface area contributed by atoms with Crippen LogP contribution in [-0.4, -0.2) is 46.1 Å². The number of hydrogen-bond donors (Lipinski definition) is 4. The molecule has 3 unspecified atom stereocenters. The SMILES string of the molecule is CCCCCCCCCCC/C=C\C/C=C\CCCCCCCCCCCCCCCCC(O)C(=O)NC(CO)C(O)/C=C/CCCCCCCCCCCCCCCCCCCCC. The summed E-state index contributed by atoms with van der Waals surface area (Å²) in [5.41, 5.74) is 0. The van der Waals surface area contributed by atoms with Crippen molar-refractivity contribution in [1.29, 1.82) is 0 Å². The van der Waals surface area contributed by atoms with Gasteiger partial charge in [-0.15, -0.1) is 0 Å². The summed E-state index contributed by atoms with van der Waals surface area (Å²) >= 11 is 0. The van der Waals surface area contributed by atoms with E-state index in [-0.39, 0.29) is 6.61 Å². The molecule has 0 aromatic heterocycles. The van der Waals surface area contributed by atoms with Crippen molar-refractivity contribution in [2.45, 2.75) is 334 Å². The van der Waals surface area contributed by atoms with Crippen molar-refractivity contribution in [3.8, 4) is 0 Å². The second-order valence-electron chi connectivity index (χ2n) is 20.2. The average molecular weight is 915 g/mol. The highest BCUT2D eigenvalue weighted by molar-refractivity contribution is 5.80. The molecule has 0 saturated heterocycles.